The lowest BCUT2D eigenvalue weighted by Gasteiger charge is -2.33. The van der Waals surface area contributed by atoms with Gasteiger partial charge < -0.3 is 19.8 Å². The highest BCUT2D eigenvalue weighted by atomic mass is 16.6. The summed E-state index contributed by atoms with van der Waals surface area (Å²) in [5.74, 6) is -0.331. The summed E-state index contributed by atoms with van der Waals surface area (Å²) >= 11 is 0. The zero-order valence-electron chi connectivity index (χ0n) is 12.6. The molecule has 5 nitrogen and oxygen atoms in total. The zero-order valence-corrected chi connectivity index (χ0v) is 12.6. The number of nitrogens with zero attached hydrogens (tertiary/aromatic N) is 1. The summed E-state index contributed by atoms with van der Waals surface area (Å²) in [6, 6.07) is 1.64. The smallest absolute Gasteiger partial charge is 0.355 e. The van der Waals surface area contributed by atoms with E-state index in [9.17, 15) is 4.79 Å². The third-order valence-corrected chi connectivity index (χ3v) is 4.74. The zero-order chi connectivity index (χ0) is 14.9. The molecule has 2 heterocycles. The van der Waals surface area contributed by atoms with E-state index < -0.39 is 0 Å². The minimum Gasteiger partial charge on any atom is -0.458 e. The molecule has 1 aliphatic carbocycles. The van der Waals surface area contributed by atoms with Crippen LogP contribution in [0.3, 0.4) is 0 Å². The van der Waals surface area contributed by atoms with Crippen molar-refractivity contribution in [2.45, 2.75) is 56.7 Å². The Bertz CT molecular complexity index is 518. The van der Waals surface area contributed by atoms with Gasteiger partial charge in [-0.25, -0.2) is 4.79 Å². The van der Waals surface area contributed by atoms with Gasteiger partial charge in [0.15, 0.2) is 0 Å². The fraction of sp³-hybridized carbons (Fsp3) is 0.688. The van der Waals surface area contributed by atoms with E-state index >= 15 is 0 Å². The van der Waals surface area contributed by atoms with Gasteiger partial charge in [-0.15, -0.1) is 0 Å². The Hall–Kier alpha value is -1.49. The number of hydrogen-bond acceptors (Lipinski definition) is 4. The number of nitrogen functional groups attached to an aromatic ring is 1. The van der Waals surface area contributed by atoms with Crippen LogP contribution in [0.15, 0.2) is 12.3 Å². The summed E-state index contributed by atoms with van der Waals surface area (Å²) in [6.07, 6.45) is 10.0. The van der Waals surface area contributed by atoms with E-state index in [4.69, 9.17) is 15.2 Å². The van der Waals surface area contributed by atoms with Gasteiger partial charge in [-0.2, -0.15) is 0 Å². The molecule has 0 aromatic carbocycles. The number of carbonyl (C=O) groups excluding carboxylic acids is 1. The van der Waals surface area contributed by atoms with E-state index in [2.05, 4.69) is 0 Å². The minimum atomic E-state index is -0.331. The predicted molar refractivity (Wildman–Crippen MR) is 80.0 cm³/mol. The molecule has 0 radical (unpaired) electrons. The average molecular weight is 292 g/mol. The highest BCUT2D eigenvalue weighted by Crippen LogP contribution is 2.41. The van der Waals surface area contributed by atoms with E-state index in [1.54, 1.807) is 23.9 Å². The first-order valence-corrected chi connectivity index (χ1v) is 7.85. The third-order valence-electron chi connectivity index (χ3n) is 4.74. The van der Waals surface area contributed by atoms with Crippen molar-refractivity contribution in [2.24, 2.45) is 7.05 Å². The van der Waals surface area contributed by atoms with Gasteiger partial charge in [0.1, 0.15) is 12.3 Å². The summed E-state index contributed by atoms with van der Waals surface area (Å²) in [7, 11) is 1.79. The average Bonchev–Trinajstić information content (AvgIpc) is 3.01. The van der Waals surface area contributed by atoms with Crippen molar-refractivity contribution in [3.8, 4) is 0 Å². The van der Waals surface area contributed by atoms with Crippen LogP contribution in [0.1, 0.15) is 55.4 Å². The molecule has 0 bridgehead atoms. The standard InChI is InChI=1S/C16H24N2O3/c1-18-10-12(17)9-14(18)15(19)20-11-13-5-8-16(21-13)6-3-2-4-7-16/h9-10,13H,2-8,11,17H2,1H3. The first-order chi connectivity index (χ1) is 10.1. The molecule has 1 atom stereocenters. The van der Waals surface area contributed by atoms with E-state index in [1.165, 1.54) is 19.3 Å². The summed E-state index contributed by atoms with van der Waals surface area (Å²) in [6.45, 7) is 0.339. The van der Waals surface area contributed by atoms with Gasteiger partial charge in [0.05, 0.1) is 17.4 Å². The van der Waals surface area contributed by atoms with Crippen molar-refractivity contribution in [3.63, 3.8) is 0 Å². The van der Waals surface area contributed by atoms with E-state index in [-0.39, 0.29) is 17.7 Å². The summed E-state index contributed by atoms with van der Waals surface area (Å²) in [4.78, 5) is 12.0. The first kappa shape index (κ1) is 14.4. The number of carbonyl (C=O) groups is 1. The highest BCUT2D eigenvalue weighted by Gasteiger charge is 2.41. The van der Waals surface area contributed by atoms with Crippen molar-refractivity contribution in [1.82, 2.24) is 4.57 Å². The molecule has 21 heavy (non-hydrogen) atoms. The normalized spacial score (nSPS) is 24.3. The fourth-order valence-corrected chi connectivity index (χ4v) is 3.61. The number of esters is 1. The number of nitrogens with two attached hydrogens (primary N) is 1. The summed E-state index contributed by atoms with van der Waals surface area (Å²) in [5.41, 5.74) is 6.81. The Morgan fingerprint density at radius 3 is 2.86 bits per heavy atom. The van der Waals surface area contributed by atoms with Crippen LogP contribution in [0.4, 0.5) is 5.69 Å². The maximum Gasteiger partial charge on any atom is 0.355 e. The van der Waals surface area contributed by atoms with Crippen LogP contribution >= 0.6 is 0 Å². The largest absolute Gasteiger partial charge is 0.458 e. The molecule has 2 aliphatic rings. The molecular formula is C16H24N2O3. The summed E-state index contributed by atoms with van der Waals surface area (Å²) < 4.78 is 13.3. The third kappa shape index (κ3) is 3.07. The van der Waals surface area contributed by atoms with Crippen molar-refractivity contribution in [2.75, 3.05) is 12.3 Å². The van der Waals surface area contributed by atoms with Crippen LogP contribution in [0, 0.1) is 0 Å². The van der Waals surface area contributed by atoms with E-state index in [1.807, 2.05) is 0 Å². The van der Waals surface area contributed by atoms with Gasteiger partial charge in [-0.1, -0.05) is 19.3 Å². The SMILES string of the molecule is Cn1cc(N)cc1C(=O)OCC1CCC2(CCCCC2)O1. The van der Waals surface area contributed by atoms with Gasteiger partial charge in [-0.3, -0.25) is 0 Å². The molecule has 2 N–H and O–H groups in total. The van der Waals surface area contributed by atoms with Crippen molar-refractivity contribution in [1.29, 1.82) is 0 Å². The second-order valence-electron chi connectivity index (χ2n) is 6.39. The van der Waals surface area contributed by atoms with E-state index in [0.29, 0.717) is 18.0 Å². The van der Waals surface area contributed by atoms with Gasteiger partial charge >= 0.3 is 5.97 Å². The molecule has 2 fully saturated rings. The number of aryl methyl sites for hydroxylation is 1. The van der Waals surface area contributed by atoms with Crippen LogP contribution in [0.25, 0.3) is 0 Å². The molecule has 116 valence electrons. The van der Waals surface area contributed by atoms with Gasteiger partial charge in [0, 0.05) is 13.2 Å². The Labute approximate surface area is 125 Å². The first-order valence-electron chi connectivity index (χ1n) is 7.85. The second-order valence-corrected chi connectivity index (χ2v) is 6.39. The van der Waals surface area contributed by atoms with Gasteiger partial charge in [-0.05, 0) is 31.7 Å². The lowest BCUT2D eigenvalue weighted by molar-refractivity contribution is -0.0810. The highest BCUT2D eigenvalue weighted by molar-refractivity contribution is 5.89. The topological polar surface area (TPSA) is 66.5 Å². The van der Waals surface area contributed by atoms with Crippen LogP contribution in [-0.2, 0) is 16.5 Å². The molecule has 5 heteroatoms. The molecule has 1 spiro atoms. The maximum absolute atomic E-state index is 12.0. The van der Waals surface area contributed by atoms with E-state index in [0.717, 1.165) is 25.7 Å². The lowest BCUT2D eigenvalue weighted by Crippen LogP contribution is -2.32. The van der Waals surface area contributed by atoms with Gasteiger partial charge in [0.2, 0.25) is 0 Å². The Morgan fingerprint density at radius 2 is 2.19 bits per heavy atom. The van der Waals surface area contributed by atoms with Crippen LogP contribution < -0.4 is 5.73 Å². The molecule has 1 saturated heterocycles. The number of rotatable bonds is 3. The Morgan fingerprint density at radius 1 is 1.43 bits per heavy atom. The van der Waals surface area contributed by atoms with Gasteiger partial charge in [0.25, 0.3) is 0 Å². The Kier molecular flexibility index (Phi) is 3.93. The number of aromatic nitrogens is 1. The van der Waals surface area contributed by atoms with Crippen LogP contribution in [0.2, 0.25) is 0 Å². The quantitative estimate of drug-likeness (QED) is 0.870. The van der Waals surface area contributed by atoms with Crippen molar-refractivity contribution < 1.29 is 14.3 Å². The maximum atomic E-state index is 12.0. The molecule has 1 aliphatic heterocycles. The van der Waals surface area contributed by atoms with Crippen molar-refractivity contribution in [3.05, 3.63) is 18.0 Å². The molecule has 3 rings (SSSR count). The number of ether oxygens (including phenoxy) is 2. The lowest BCUT2D eigenvalue weighted by atomic mass is 9.83. The molecule has 1 saturated carbocycles. The monoisotopic (exact) mass is 292 g/mol. The van der Waals surface area contributed by atoms with Crippen LogP contribution in [-0.4, -0.2) is 28.8 Å². The molecule has 1 aromatic rings. The molecule has 1 unspecified atom stereocenters. The van der Waals surface area contributed by atoms with Crippen molar-refractivity contribution >= 4 is 11.7 Å². The summed E-state index contributed by atoms with van der Waals surface area (Å²) in [5, 5.41) is 0. The molecular weight excluding hydrogens is 268 g/mol. The Balaban J connectivity index is 1.52. The van der Waals surface area contributed by atoms with Crippen LogP contribution in [0.5, 0.6) is 0 Å². The minimum absolute atomic E-state index is 0.0460. The second kappa shape index (κ2) is 5.72. The molecule has 1 aromatic heterocycles. The fourth-order valence-electron chi connectivity index (χ4n) is 3.61. The predicted octanol–water partition coefficient (Wildman–Crippen LogP) is 2.65. The molecule has 0 amide bonds. The number of anilines is 1. The number of hydrogen-bond donors (Lipinski definition) is 1.